The minimum atomic E-state index is 0.0984. The summed E-state index contributed by atoms with van der Waals surface area (Å²) < 4.78 is 0. The van der Waals surface area contributed by atoms with Crippen molar-refractivity contribution in [1.82, 2.24) is 10.2 Å². The minimum absolute atomic E-state index is 0.0984. The van der Waals surface area contributed by atoms with Gasteiger partial charge in [-0.2, -0.15) is 0 Å². The Morgan fingerprint density at radius 3 is 2.59 bits per heavy atom. The van der Waals surface area contributed by atoms with E-state index in [9.17, 15) is 4.79 Å². The van der Waals surface area contributed by atoms with Gasteiger partial charge in [0.2, 0.25) is 5.91 Å². The lowest BCUT2D eigenvalue weighted by Crippen LogP contribution is -2.43. The average Bonchev–Trinajstić information content (AvgIpc) is 3.05. The SMILES string of the molecule is Cc1ccc(NC(=O)CN2CCC(C3CCCN3)CC2)cc1. The summed E-state index contributed by atoms with van der Waals surface area (Å²) in [5, 5.41) is 6.61. The number of hydrogen-bond acceptors (Lipinski definition) is 3. The third kappa shape index (κ3) is 4.08. The number of benzene rings is 1. The Morgan fingerprint density at radius 2 is 1.95 bits per heavy atom. The number of nitrogens with one attached hydrogen (secondary N) is 2. The lowest BCUT2D eigenvalue weighted by molar-refractivity contribution is -0.117. The van der Waals surface area contributed by atoms with Crippen LogP contribution in [-0.2, 0) is 4.79 Å². The van der Waals surface area contributed by atoms with Crippen LogP contribution in [0, 0.1) is 12.8 Å². The van der Waals surface area contributed by atoms with Crippen molar-refractivity contribution in [3.8, 4) is 0 Å². The fraction of sp³-hybridized carbons (Fsp3) is 0.611. The number of anilines is 1. The summed E-state index contributed by atoms with van der Waals surface area (Å²) in [6.45, 7) is 5.84. The molecule has 1 amide bonds. The van der Waals surface area contributed by atoms with Crippen molar-refractivity contribution in [3.05, 3.63) is 29.8 Å². The third-order valence-electron chi connectivity index (χ3n) is 5.00. The molecule has 3 rings (SSSR count). The van der Waals surface area contributed by atoms with Crippen LogP contribution >= 0.6 is 0 Å². The molecule has 1 aromatic rings. The fourth-order valence-electron chi connectivity index (χ4n) is 3.67. The van der Waals surface area contributed by atoms with Crippen molar-refractivity contribution in [2.75, 3.05) is 31.5 Å². The number of amides is 1. The van der Waals surface area contributed by atoms with Gasteiger partial charge in [-0.05, 0) is 70.3 Å². The predicted octanol–water partition coefficient (Wildman–Crippen LogP) is 2.40. The van der Waals surface area contributed by atoms with Gasteiger partial charge >= 0.3 is 0 Å². The summed E-state index contributed by atoms with van der Waals surface area (Å²) in [5.74, 6) is 0.903. The largest absolute Gasteiger partial charge is 0.325 e. The van der Waals surface area contributed by atoms with E-state index in [2.05, 4.69) is 22.5 Å². The van der Waals surface area contributed by atoms with E-state index in [1.807, 2.05) is 24.3 Å². The zero-order valence-corrected chi connectivity index (χ0v) is 13.5. The topological polar surface area (TPSA) is 44.4 Å². The molecule has 1 unspecified atom stereocenters. The number of piperidine rings is 1. The Hall–Kier alpha value is -1.39. The number of carbonyl (C=O) groups excluding carboxylic acids is 1. The molecule has 2 saturated heterocycles. The number of nitrogens with zero attached hydrogens (tertiary/aromatic N) is 1. The van der Waals surface area contributed by atoms with Crippen molar-refractivity contribution < 1.29 is 4.79 Å². The lowest BCUT2D eigenvalue weighted by atomic mass is 9.88. The summed E-state index contributed by atoms with van der Waals surface area (Å²) in [7, 11) is 0. The van der Waals surface area contributed by atoms with Crippen LogP contribution in [0.1, 0.15) is 31.2 Å². The number of rotatable bonds is 4. The Balaban J connectivity index is 1.42. The molecule has 22 heavy (non-hydrogen) atoms. The molecule has 0 radical (unpaired) electrons. The first-order chi connectivity index (χ1) is 10.7. The molecule has 2 fully saturated rings. The maximum Gasteiger partial charge on any atom is 0.238 e. The Kier molecular flexibility index (Phi) is 5.11. The molecule has 2 heterocycles. The van der Waals surface area contributed by atoms with Crippen LogP contribution in [0.15, 0.2) is 24.3 Å². The highest BCUT2D eigenvalue weighted by molar-refractivity contribution is 5.92. The molecule has 0 aliphatic carbocycles. The van der Waals surface area contributed by atoms with E-state index in [0.29, 0.717) is 6.54 Å². The van der Waals surface area contributed by atoms with E-state index in [1.165, 1.54) is 37.8 Å². The van der Waals surface area contributed by atoms with Crippen LogP contribution < -0.4 is 10.6 Å². The Bertz CT molecular complexity index is 486. The van der Waals surface area contributed by atoms with Crippen molar-refractivity contribution in [1.29, 1.82) is 0 Å². The van der Waals surface area contributed by atoms with Crippen LogP contribution in [-0.4, -0.2) is 43.0 Å². The highest BCUT2D eigenvalue weighted by atomic mass is 16.2. The van der Waals surface area contributed by atoms with E-state index in [4.69, 9.17) is 0 Å². The van der Waals surface area contributed by atoms with Crippen molar-refractivity contribution in [3.63, 3.8) is 0 Å². The molecule has 120 valence electrons. The Morgan fingerprint density at radius 1 is 1.23 bits per heavy atom. The number of hydrogen-bond donors (Lipinski definition) is 2. The van der Waals surface area contributed by atoms with Gasteiger partial charge in [-0.3, -0.25) is 9.69 Å². The molecule has 4 nitrogen and oxygen atoms in total. The van der Waals surface area contributed by atoms with Crippen LogP contribution in [0.3, 0.4) is 0 Å². The number of carbonyl (C=O) groups is 1. The summed E-state index contributed by atoms with van der Waals surface area (Å²) in [6.07, 6.45) is 5.09. The average molecular weight is 301 g/mol. The lowest BCUT2D eigenvalue weighted by Gasteiger charge is -2.34. The van der Waals surface area contributed by atoms with Gasteiger partial charge < -0.3 is 10.6 Å². The summed E-state index contributed by atoms with van der Waals surface area (Å²) in [5.41, 5.74) is 2.10. The zero-order valence-electron chi connectivity index (χ0n) is 13.5. The molecule has 2 N–H and O–H groups in total. The predicted molar refractivity (Wildman–Crippen MR) is 90.0 cm³/mol. The molecular formula is C18H27N3O. The molecule has 1 atom stereocenters. The highest BCUT2D eigenvalue weighted by Gasteiger charge is 2.28. The summed E-state index contributed by atoms with van der Waals surface area (Å²) in [6, 6.07) is 8.70. The molecule has 4 heteroatoms. The monoisotopic (exact) mass is 301 g/mol. The molecule has 2 aliphatic rings. The molecular weight excluding hydrogens is 274 g/mol. The van der Waals surface area contributed by atoms with Gasteiger partial charge in [0, 0.05) is 11.7 Å². The highest BCUT2D eigenvalue weighted by Crippen LogP contribution is 2.25. The number of likely N-dealkylation sites (tertiary alicyclic amines) is 1. The molecule has 0 aromatic heterocycles. The van der Waals surface area contributed by atoms with Gasteiger partial charge in [0.1, 0.15) is 0 Å². The van der Waals surface area contributed by atoms with E-state index in [1.54, 1.807) is 0 Å². The molecule has 1 aromatic carbocycles. The molecule has 2 aliphatic heterocycles. The second kappa shape index (κ2) is 7.25. The van der Waals surface area contributed by atoms with Gasteiger partial charge in [-0.1, -0.05) is 17.7 Å². The van der Waals surface area contributed by atoms with Crippen LogP contribution in [0.25, 0.3) is 0 Å². The van der Waals surface area contributed by atoms with Gasteiger partial charge in [-0.15, -0.1) is 0 Å². The maximum absolute atomic E-state index is 12.1. The quantitative estimate of drug-likeness (QED) is 0.897. The minimum Gasteiger partial charge on any atom is -0.325 e. The first-order valence-electron chi connectivity index (χ1n) is 8.53. The van der Waals surface area contributed by atoms with E-state index in [-0.39, 0.29) is 5.91 Å². The first-order valence-corrected chi connectivity index (χ1v) is 8.53. The fourth-order valence-corrected chi connectivity index (χ4v) is 3.67. The van der Waals surface area contributed by atoms with Crippen LogP contribution in [0.2, 0.25) is 0 Å². The van der Waals surface area contributed by atoms with Crippen LogP contribution in [0.5, 0.6) is 0 Å². The maximum atomic E-state index is 12.1. The molecule has 0 spiro atoms. The normalized spacial score (nSPS) is 23.6. The number of aryl methyl sites for hydroxylation is 1. The summed E-state index contributed by atoms with van der Waals surface area (Å²) in [4.78, 5) is 14.4. The molecule has 0 bridgehead atoms. The van der Waals surface area contributed by atoms with Crippen molar-refractivity contribution in [2.45, 2.75) is 38.6 Å². The van der Waals surface area contributed by atoms with Gasteiger partial charge in [0.15, 0.2) is 0 Å². The van der Waals surface area contributed by atoms with E-state index in [0.717, 1.165) is 30.7 Å². The third-order valence-corrected chi connectivity index (χ3v) is 5.00. The summed E-state index contributed by atoms with van der Waals surface area (Å²) >= 11 is 0. The molecule has 0 saturated carbocycles. The van der Waals surface area contributed by atoms with Crippen molar-refractivity contribution in [2.24, 2.45) is 5.92 Å². The van der Waals surface area contributed by atoms with E-state index >= 15 is 0 Å². The van der Waals surface area contributed by atoms with Crippen molar-refractivity contribution >= 4 is 11.6 Å². The van der Waals surface area contributed by atoms with Gasteiger partial charge in [0.25, 0.3) is 0 Å². The second-order valence-electron chi connectivity index (χ2n) is 6.73. The van der Waals surface area contributed by atoms with Gasteiger partial charge in [-0.25, -0.2) is 0 Å². The van der Waals surface area contributed by atoms with Crippen LogP contribution in [0.4, 0.5) is 5.69 Å². The standard InChI is InChI=1S/C18H27N3O/c1-14-4-6-16(7-5-14)20-18(22)13-21-11-8-15(9-12-21)17-3-2-10-19-17/h4-7,15,17,19H,2-3,8-13H2,1H3,(H,20,22). The van der Waals surface area contributed by atoms with E-state index < -0.39 is 0 Å². The zero-order chi connectivity index (χ0) is 15.4. The second-order valence-corrected chi connectivity index (χ2v) is 6.73. The smallest absolute Gasteiger partial charge is 0.238 e. The van der Waals surface area contributed by atoms with Gasteiger partial charge in [0.05, 0.1) is 6.54 Å². The first kappa shape index (κ1) is 15.5. The Labute approximate surface area is 133 Å².